The molecule has 0 spiro atoms. The molecular formula is C19H24N6O2. The number of aromatic hydroxyl groups is 1. The highest BCUT2D eigenvalue weighted by Gasteiger charge is 2.07. The van der Waals surface area contributed by atoms with Gasteiger partial charge in [0.2, 0.25) is 0 Å². The lowest BCUT2D eigenvalue weighted by atomic mass is 10.2. The summed E-state index contributed by atoms with van der Waals surface area (Å²) >= 11 is 0. The second-order valence-corrected chi connectivity index (χ2v) is 5.83. The van der Waals surface area contributed by atoms with Crippen LogP contribution in [0.4, 0.5) is 0 Å². The minimum absolute atomic E-state index is 0.133. The van der Waals surface area contributed by atoms with Gasteiger partial charge in [-0.1, -0.05) is 12.1 Å². The number of ether oxygens (including phenoxy) is 1. The van der Waals surface area contributed by atoms with Gasteiger partial charge in [0.05, 0.1) is 19.7 Å². The predicted octanol–water partition coefficient (Wildman–Crippen LogP) is 2.09. The first-order valence-electron chi connectivity index (χ1n) is 8.96. The molecule has 27 heavy (non-hydrogen) atoms. The smallest absolute Gasteiger partial charge is 0.191 e. The van der Waals surface area contributed by atoms with Crippen LogP contribution in [0.3, 0.4) is 0 Å². The normalized spacial score (nSPS) is 11.6. The average Bonchev–Trinajstić information content (AvgIpc) is 3.10. The van der Waals surface area contributed by atoms with E-state index in [0.717, 1.165) is 23.6 Å². The van der Waals surface area contributed by atoms with Crippen LogP contribution in [0, 0.1) is 0 Å². The minimum Gasteiger partial charge on any atom is -0.504 e. The van der Waals surface area contributed by atoms with Gasteiger partial charge in [0.1, 0.15) is 0 Å². The molecule has 8 heteroatoms. The van der Waals surface area contributed by atoms with Crippen LogP contribution >= 0.6 is 0 Å². The number of pyridine rings is 1. The van der Waals surface area contributed by atoms with Crippen molar-refractivity contribution in [2.24, 2.45) is 4.99 Å². The molecule has 0 atom stereocenters. The van der Waals surface area contributed by atoms with E-state index in [4.69, 9.17) is 4.74 Å². The first-order valence-corrected chi connectivity index (χ1v) is 8.96. The standard InChI is InChI=1S/C19H24N6O2/c1-3-20-19(21-12-14-8-9-15(26)16(11-14)27-4-2)22-13-18-24-23-17-7-5-6-10-25(17)18/h5-11,26H,3-4,12-13H2,1-2H3,(H2,20,21,22). The molecule has 0 amide bonds. The lowest BCUT2D eigenvalue weighted by Crippen LogP contribution is -2.37. The zero-order chi connectivity index (χ0) is 19.1. The Morgan fingerprint density at radius 1 is 1.19 bits per heavy atom. The zero-order valence-electron chi connectivity index (χ0n) is 15.5. The Hall–Kier alpha value is -3.29. The topological polar surface area (TPSA) is 96.1 Å². The number of fused-ring (bicyclic) bond motifs is 1. The number of benzene rings is 1. The third kappa shape index (κ3) is 4.66. The van der Waals surface area contributed by atoms with E-state index < -0.39 is 0 Å². The summed E-state index contributed by atoms with van der Waals surface area (Å²) in [5.41, 5.74) is 1.75. The van der Waals surface area contributed by atoms with E-state index in [-0.39, 0.29) is 5.75 Å². The molecule has 2 aromatic heterocycles. The van der Waals surface area contributed by atoms with Gasteiger partial charge in [0.15, 0.2) is 28.9 Å². The van der Waals surface area contributed by atoms with Crippen molar-refractivity contribution in [2.45, 2.75) is 26.9 Å². The molecule has 0 radical (unpaired) electrons. The molecule has 0 aliphatic heterocycles. The SMILES string of the molecule is CCNC(=NCc1ccc(O)c(OCC)c1)NCc1nnc2ccccn12. The second kappa shape index (κ2) is 8.88. The highest BCUT2D eigenvalue weighted by Crippen LogP contribution is 2.27. The quantitative estimate of drug-likeness (QED) is 0.437. The van der Waals surface area contributed by atoms with Gasteiger partial charge in [-0.2, -0.15) is 0 Å². The molecule has 8 nitrogen and oxygen atoms in total. The van der Waals surface area contributed by atoms with Gasteiger partial charge in [-0.3, -0.25) is 4.40 Å². The van der Waals surface area contributed by atoms with Crippen molar-refractivity contribution in [2.75, 3.05) is 13.2 Å². The van der Waals surface area contributed by atoms with Gasteiger partial charge in [-0.05, 0) is 43.7 Å². The summed E-state index contributed by atoms with van der Waals surface area (Å²) in [6.45, 7) is 6.08. The van der Waals surface area contributed by atoms with Gasteiger partial charge in [-0.25, -0.2) is 4.99 Å². The van der Waals surface area contributed by atoms with E-state index in [2.05, 4.69) is 25.8 Å². The lowest BCUT2D eigenvalue weighted by molar-refractivity contribution is 0.318. The molecular weight excluding hydrogens is 344 g/mol. The van der Waals surface area contributed by atoms with Crippen molar-refractivity contribution in [1.82, 2.24) is 25.2 Å². The van der Waals surface area contributed by atoms with Crippen molar-refractivity contribution in [1.29, 1.82) is 0 Å². The number of nitrogens with zero attached hydrogens (tertiary/aromatic N) is 4. The van der Waals surface area contributed by atoms with Crippen LogP contribution in [0.2, 0.25) is 0 Å². The van der Waals surface area contributed by atoms with Gasteiger partial charge in [-0.15, -0.1) is 10.2 Å². The van der Waals surface area contributed by atoms with E-state index >= 15 is 0 Å². The van der Waals surface area contributed by atoms with Crippen molar-refractivity contribution in [3.63, 3.8) is 0 Å². The summed E-state index contributed by atoms with van der Waals surface area (Å²) in [6, 6.07) is 11.0. The van der Waals surface area contributed by atoms with Crippen LogP contribution in [0.25, 0.3) is 5.65 Å². The maximum absolute atomic E-state index is 9.80. The fourth-order valence-corrected chi connectivity index (χ4v) is 2.61. The summed E-state index contributed by atoms with van der Waals surface area (Å²) in [5, 5.41) is 24.6. The Morgan fingerprint density at radius 2 is 2.07 bits per heavy atom. The Balaban J connectivity index is 1.68. The van der Waals surface area contributed by atoms with Crippen molar-refractivity contribution in [3.8, 4) is 11.5 Å². The molecule has 2 heterocycles. The number of phenolic OH excluding ortho intramolecular Hbond substituents is 1. The molecule has 3 N–H and O–H groups in total. The molecule has 3 rings (SSSR count). The molecule has 0 aliphatic carbocycles. The van der Waals surface area contributed by atoms with Gasteiger partial charge >= 0.3 is 0 Å². The first kappa shape index (κ1) is 18.5. The average molecular weight is 368 g/mol. The number of phenols is 1. The third-order valence-electron chi connectivity index (χ3n) is 3.89. The Bertz CT molecular complexity index is 921. The van der Waals surface area contributed by atoms with Crippen LogP contribution in [-0.4, -0.2) is 38.8 Å². The summed E-state index contributed by atoms with van der Waals surface area (Å²) in [7, 11) is 0. The van der Waals surface area contributed by atoms with E-state index in [1.54, 1.807) is 12.1 Å². The van der Waals surface area contributed by atoms with Crippen LogP contribution < -0.4 is 15.4 Å². The number of hydrogen-bond donors (Lipinski definition) is 3. The lowest BCUT2D eigenvalue weighted by Gasteiger charge is -2.11. The summed E-state index contributed by atoms with van der Waals surface area (Å²) in [5.74, 6) is 2.09. The number of nitrogens with one attached hydrogen (secondary N) is 2. The first-order chi connectivity index (χ1) is 13.2. The second-order valence-electron chi connectivity index (χ2n) is 5.83. The minimum atomic E-state index is 0.133. The Morgan fingerprint density at radius 3 is 2.89 bits per heavy atom. The van der Waals surface area contributed by atoms with Crippen LogP contribution in [0.15, 0.2) is 47.6 Å². The summed E-state index contributed by atoms with van der Waals surface area (Å²) < 4.78 is 7.36. The van der Waals surface area contributed by atoms with Gasteiger partial charge < -0.3 is 20.5 Å². The fourth-order valence-electron chi connectivity index (χ4n) is 2.61. The zero-order valence-corrected chi connectivity index (χ0v) is 15.5. The molecule has 0 saturated carbocycles. The molecule has 142 valence electrons. The molecule has 0 unspecified atom stereocenters. The largest absolute Gasteiger partial charge is 0.504 e. The third-order valence-corrected chi connectivity index (χ3v) is 3.89. The highest BCUT2D eigenvalue weighted by atomic mass is 16.5. The van der Waals surface area contributed by atoms with E-state index in [0.29, 0.717) is 31.4 Å². The number of aliphatic imine (C=N–C) groups is 1. The summed E-state index contributed by atoms with van der Waals surface area (Å²) in [4.78, 5) is 4.59. The van der Waals surface area contributed by atoms with Crippen molar-refractivity contribution >= 4 is 11.6 Å². The number of aromatic nitrogens is 3. The monoisotopic (exact) mass is 368 g/mol. The van der Waals surface area contributed by atoms with Crippen LogP contribution in [0.1, 0.15) is 25.2 Å². The molecule has 1 aromatic carbocycles. The molecule has 0 saturated heterocycles. The predicted molar refractivity (Wildman–Crippen MR) is 104 cm³/mol. The Labute approximate surface area is 157 Å². The molecule has 0 bridgehead atoms. The molecule has 0 aliphatic rings. The highest BCUT2D eigenvalue weighted by molar-refractivity contribution is 5.79. The van der Waals surface area contributed by atoms with Crippen LogP contribution in [0.5, 0.6) is 11.5 Å². The maximum Gasteiger partial charge on any atom is 0.191 e. The number of rotatable bonds is 7. The molecule has 3 aromatic rings. The number of hydrogen-bond acceptors (Lipinski definition) is 5. The van der Waals surface area contributed by atoms with Crippen molar-refractivity contribution in [3.05, 3.63) is 54.0 Å². The summed E-state index contributed by atoms with van der Waals surface area (Å²) in [6.07, 6.45) is 1.93. The number of guanidine groups is 1. The maximum atomic E-state index is 9.80. The molecule has 0 fully saturated rings. The Kier molecular flexibility index (Phi) is 6.09. The van der Waals surface area contributed by atoms with E-state index in [9.17, 15) is 5.11 Å². The van der Waals surface area contributed by atoms with Gasteiger partial charge in [0, 0.05) is 12.7 Å². The van der Waals surface area contributed by atoms with Gasteiger partial charge in [0.25, 0.3) is 0 Å². The van der Waals surface area contributed by atoms with Crippen molar-refractivity contribution < 1.29 is 9.84 Å². The van der Waals surface area contributed by atoms with Crippen LogP contribution in [-0.2, 0) is 13.1 Å². The fraction of sp³-hybridized carbons (Fsp3) is 0.316. The van der Waals surface area contributed by atoms with E-state index in [1.165, 1.54) is 0 Å². The van der Waals surface area contributed by atoms with E-state index in [1.807, 2.05) is 48.7 Å².